The van der Waals surface area contributed by atoms with Gasteiger partial charge < -0.3 is 10.2 Å². The van der Waals surface area contributed by atoms with Crippen molar-refractivity contribution < 1.29 is 0 Å². The van der Waals surface area contributed by atoms with Crippen molar-refractivity contribution in [3.63, 3.8) is 0 Å². The summed E-state index contributed by atoms with van der Waals surface area (Å²) >= 11 is 0. The second kappa shape index (κ2) is 8.55. The molecular weight excluding hydrogens is 256 g/mol. The third-order valence-electron chi connectivity index (χ3n) is 5.24. The monoisotopic (exact) mass is 288 g/mol. The topological polar surface area (TPSA) is 15.3 Å². The smallest absolute Gasteiger partial charge is 0.0107 e. The molecule has 1 N–H and O–H groups in total. The minimum absolute atomic E-state index is 0.695. The summed E-state index contributed by atoms with van der Waals surface area (Å²) in [4.78, 5) is 2.46. The van der Waals surface area contributed by atoms with E-state index in [4.69, 9.17) is 0 Å². The van der Waals surface area contributed by atoms with Crippen molar-refractivity contribution in [1.29, 1.82) is 0 Å². The Labute approximate surface area is 130 Å². The molecule has 21 heavy (non-hydrogen) atoms. The van der Waals surface area contributed by atoms with Gasteiger partial charge in [-0.15, -0.1) is 0 Å². The van der Waals surface area contributed by atoms with Gasteiger partial charge in [-0.1, -0.05) is 37.3 Å². The summed E-state index contributed by atoms with van der Waals surface area (Å²) < 4.78 is 0. The molecule has 2 nitrogen and oxygen atoms in total. The average molecular weight is 288 g/mol. The Morgan fingerprint density at radius 2 is 1.81 bits per heavy atom. The molecule has 0 radical (unpaired) electrons. The van der Waals surface area contributed by atoms with E-state index in [2.05, 4.69) is 61.4 Å². The normalized spacial score (nSPS) is 24.2. The first kappa shape index (κ1) is 16.5. The van der Waals surface area contributed by atoms with Crippen LogP contribution in [0.3, 0.4) is 0 Å². The van der Waals surface area contributed by atoms with Crippen LogP contribution in [-0.4, -0.2) is 37.1 Å². The molecule has 0 saturated heterocycles. The van der Waals surface area contributed by atoms with Crippen LogP contribution in [0.25, 0.3) is 0 Å². The van der Waals surface area contributed by atoms with Gasteiger partial charge in [0.2, 0.25) is 0 Å². The Morgan fingerprint density at radius 1 is 1.14 bits per heavy atom. The quantitative estimate of drug-likeness (QED) is 0.815. The van der Waals surface area contributed by atoms with Crippen LogP contribution in [0.4, 0.5) is 0 Å². The summed E-state index contributed by atoms with van der Waals surface area (Å²) in [5, 5.41) is 3.76. The summed E-state index contributed by atoms with van der Waals surface area (Å²) in [5.74, 6) is 0.784. The first-order chi connectivity index (χ1) is 10.2. The second-order valence-corrected chi connectivity index (χ2v) is 6.65. The number of nitrogens with one attached hydrogen (secondary N) is 1. The molecule has 1 atom stereocenters. The first-order valence-electron chi connectivity index (χ1n) is 8.69. The van der Waals surface area contributed by atoms with E-state index in [1.807, 2.05) is 0 Å². The lowest BCUT2D eigenvalue weighted by Gasteiger charge is -2.30. The number of nitrogens with zero attached hydrogens (tertiary/aromatic N) is 1. The Kier molecular flexibility index (Phi) is 6.72. The molecule has 1 aromatic carbocycles. The Morgan fingerprint density at radius 3 is 2.43 bits per heavy atom. The van der Waals surface area contributed by atoms with Crippen molar-refractivity contribution in [3.8, 4) is 0 Å². The molecule has 0 aromatic heterocycles. The van der Waals surface area contributed by atoms with Gasteiger partial charge in [0.05, 0.1) is 0 Å². The number of benzene rings is 1. The van der Waals surface area contributed by atoms with Gasteiger partial charge in [0.1, 0.15) is 0 Å². The molecule has 1 aliphatic rings. The predicted octanol–water partition coefficient (Wildman–Crippen LogP) is 4.03. The van der Waals surface area contributed by atoms with Crippen molar-refractivity contribution in [2.45, 2.75) is 64.0 Å². The highest BCUT2D eigenvalue weighted by Crippen LogP contribution is 2.32. The zero-order chi connectivity index (χ0) is 15.1. The summed E-state index contributed by atoms with van der Waals surface area (Å²) in [5.41, 5.74) is 1.53. The van der Waals surface area contributed by atoms with E-state index < -0.39 is 0 Å². The molecular formula is C19H32N2. The Bertz CT molecular complexity index is 382. The minimum Gasteiger partial charge on any atom is -0.313 e. The minimum atomic E-state index is 0.695. The number of hydrogen-bond acceptors (Lipinski definition) is 2. The van der Waals surface area contributed by atoms with Crippen LogP contribution in [0.5, 0.6) is 0 Å². The molecule has 1 unspecified atom stereocenters. The fraction of sp³-hybridized carbons (Fsp3) is 0.684. The zero-order valence-electron chi connectivity index (χ0n) is 14.0. The van der Waals surface area contributed by atoms with Gasteiger partial charge in [0.25, 0.3) is 0 Å². The number of hydrogen-bond donors (Lipinski definition) is 1. The van der Waals surface area contributed by atoms with Crippen molar-refractivity contribution in [3.05, 3.63) is 35.9 Å². The molecule has 2 rings (SSSR count). The highest BCUT2D eigenvalue weighted by atomic mass is 15.1. The Hall–Kier alpha value is -0.860. The van der Waals surface area contributed by atoms with E-state index in [0.29, 0.717) is 6.04 Å². The lowest BCUT2D eigenvalue weighted by Crippen LogP contribution is -2.40. The van der Waals surface area contributed by atoms with Gasteiger partial charge in [0.15, 0.2) is 0 Å². The molecule has 1 aromatic rings. The van der Waals surface area contributed by atoms with Crippen LogP contribution in [-0.2, 0) is 0 Å². The van der Waals surface area contributed by atoms with Gasteiger partial charge in [-0.25, -0.2) is 0 Å². The maximum absolute atomic E-state index is 3.76. The molecule has 1 fully saturated rings. The molecule has 0 spiro atoms. The van der Waals surface area contributed by atoms with Gasteiger partial charge >= 0.3 is 0 Å². The maximum atomic E-state index is 3.76. The van der Waals surface area contributed by atoms with Crippen LogP contribution in [0.1, 0.15) is 57.4 Å². The van der Waals surface area contributed by atoms with Crippen LogP contribution >= 0.6 is 0 Å². The maximum Gasteiger partial charge on any atom is 0.0107 e. The van der Waals surface area contributed by atoms with Crippen molar-refractivity contribution in [2.24, 2.45) is 0 Å². The summed E-state index contributed by atoms with van der Waals surface area (Å²) in [7, 11) is 2.24. The highest BCUT2D eigenvalue weighted by molar-refractivity contribution is 5.20. The third kappa shape index (κ3) is 5.12. The molecule has 1 aliphatic carbocycles. The molecule has 2 heteroatoms. The molecule has 0 aliphatic heterocycles. The van der Waals surface area contributed by atoms with E-state index in [1.165, 1.54) is 37.7 Å². The average Bonchev–Trinajstić information content (AvgIpc) is 2.55. The van der Waals surface area contributed by atoms with E-state index in [0.717, 1.165) is 25.0 Å². The zero-order valence-corrected chi connectivity index (χ0v) is 14.0. The molecule has 0 bridgehead atoms. The second-order valence-electron chi connectivity index (χ2n) is 6.65. The van der Waals surface area contributed by atoms with E-state index >= 15 is 0 Å². The summed E-state index contributed by atoms with van der Waals surface area (Å²) in [6, 6.07) is 12.5. The number of rotatable bonds is 7. The SMILES string of the molecule is CCC(C)N(C)CCNC1CCC(c2ccccc2)CC1. The van der Waals surface area contributed by atoms with Crippen LogP contribution in [0.2, 0.25) is 0 Å². The molecule has 1 saturated carbocycles. The fourth-order valence-electron chi connectivity index (χ4n) is 3.33. The molecule has 0 amide bonds. The summed E-state index contributed by atoms with van der Waals surface area (Å²) in [6.07, 6.45) is 6.56. The first-order valence-corrected chi connectivity index (χ1v) is 8.69. The van der Waals surface area contributed by atoms with Crippen molar-refractivity contribution in [1.82, 2.24) is 10.2 Å². The lowest BCUT2D eigenvalue weighted by molar-refractivity contribution is 0.241. The van der Waals surface area contributed by atoms with Crippen LogP contribution < -0.4 is 5.32 Å². The predicted molar refractivity (Wildman–Crippen MR) is 91.8 cm³/mol. The largest absolute Gasteiger partial charge is 0.313 e. The lowest BCUT2D eigenvalue weighted by atomic mass is 9.82. The molecule has 118 valence electrons. The molecule has 0 heterocycles. The van der Waals surface area contributed by atoms with Gasteiger partial charge in [-0.2, -0.15) is 0 Å². The van der Waals surface area contributed by atoms with Crippen molar-refractivity contribution >= 4 is 0 Å². The van der Waals surface area contributed by atoms with Crippen molar-refractivity contribution in [2.75, 3.05) is 20.1 Å². The Balaban J connectivity index is 1.65. The summed E-state index contributed by atoms with van der Waals surface area (Å²) in [6.45, 7) is 6.86. The standard InChI is InChI=1S/C19H32N2/c1-4-16(2)21(3)15-14-20-19-12-10-18(11-13-19)17-8-6-5-7-9-17/h5-9,16,18-20H,4,10-15H2,1-3H3. The third-order valence-corrected chi connectivity index (χ3v) is 5.24. The van der Waals surface area contributed by atoms with E-state index in [-0.39, 0.29) is 0 Å². The van der Waals surface area contributed by atoms with Crippen LogP contribution in [0.15, 0.2) is 30.3 Å². The highest BCUT2D eigenvalue weighted by Gasteiger charge is 2.21. The number of likely N-dealkylation sites (N-methyl/N-ethyl adjacent to an activating group) is 1. The fourth-order valence-corrected chi connectivity index (χ4v) is 3.33. The van der Waals surface area contributed by atoms with Gasteiger partial charge in [-0.3, -0.25) is 0 Å². The van der Waals surface area contributed by atoms with E-state index in [1.54, 1.807) is 0 Å². The van der Waals surface area contributed by atoms with Gasteiger partial charge in [0, 0.05) is 25.2 Å². The van der Waals surface area contributed by atoms with Gasteiger partial charge in [-0.05, 0) is 57.6 Å². The van der Waals surface area contributed by atoms with Crippen LogP contribution in [0, 0.1) is 0 Å². The van der Waals surface area contributed by atoms with E-state index in [9.17, 15) is 0 Å².